The van der Waals surface area contributed by atoms with Gasteiger partial charge in [-0.05, 0) is 93.9 Å². The van der Waals surface area contributed by atoms with E-state index in [1.54, 1.807) is 18.2 Å². The van der Waals surface area contributed by atoms with Crippen molar-refractivity contribution in [1.29, 1.82) is 5.26 Å². The highest BCUT2D eigenvalue weighted by Crippen LogP contribution is 2.36. The molecule has 0 bridgehead atoms. The van der Waals surface area contributed by atoms with Crippen molar-refractivity contribution in [3.63, 3.8) is 0 Å². The van der Waals surface area contributed by atoms with E-state index >= 15 is 0 Å². The summed E-state index contributed by atoms with van der Waals surface area (Å²) in [6.45, 7) is 2.68. The van der Waals surface area contributed by atoms with E-state index in [0.717, 1.165) is 14.5 Å². The van der Waals surface area contributed by atoms with Crippen LogP contribution >= 0.6 is 45.8 Å². The molecule has 0 radical (unpaired) electrons. The molecule has 0 aliphatic carbocycles. The second-order valence-corrected chi connectivity index (χ2v) is 9.96. The van der Waals surface area contributed by atoms with E-state index in [9.17, 15) is 10.1 Å². The van der Waals surface area contributed by atoms with E-state index in [1.807, 2.05) is 37.3 Å². The number of amides is 1. The van der Waals surface area contributed by atoms with Crippen molar-refractivity contribution >= 4 is 74.2 Å². The van der Waals surface area contributed by atoms with Crippen molar-refractivity contribution in [3.8, 4) is 17.6 Å². The molecule has 37 heavy (non-hydrogen) atoms. The predicted octanol–water partition coefficient (Wildman–Crippen LogP) is 8.27. The molecular formula is C29H21Cl2IN2O3. The number of ether oxygens (including phenoxy) is 2. The average Bonchev–Trinajstić information content (AvgIpc) is 2.89. The highest BCUT2D eigenvalue weighted by atomic mass is 127. The molecule has 0 aliphatic rings. The van der Waals surface area contributed by atoms with Gasteiger partial charge in [-0.2, -0.15) is 5.26 Å². The topological polar surface area (TPSA) is 71.3 Å². The van der Waals surface area contributed by atoms with Crippen LogP contribution in [-0.2, 0) is 11.4 Å². The maximum atomic E-state index is 12.7. The van der Waals surface area contributed by atoms with Crippen molar-refractivity contribution in [2.45, 2.75) is 13.5 Å². The molecule has 186 valence electrons. The minimum Gasteiger partial charge on any atom is -0.490 e. The Labute approximate surface area is 238 Å². The van der Waals surface area contributed by atoms with Gasteiger partial charge in [0.25, 0.3) is 5.91 Å². The maximum Gasteiger partial charge on any atom is 0.266 e. The molecule has 0 saturated carbocycles. The van der Waals surface area contributed by atoms with Crippen molar-refractivity contribution < 1.29 is 14.3 Å². The van der Waals surface area contributed by atoms with Crippen LogP contribution in [-0.4, -0.2) is 12.5 Å². The Morgan fingerprint density at radius 1 is 1.00 bits per heavy atom. The van der Waals surface area contributed by atoms with Gasteiger partial charge in [0.1, 0.15) is 18.2 Å². The SMILES string of the molecule is CCOc1cc(/C=C(\C#N)C(=O)Nc2ccc(Cl)c(Cl)c2)cc(I)c1OCc1ccc2ccccc2c1. The van der Waals surface area contributed by atoms with Gasteiger partial charge in [0.05, 0.1) is 20.2 Å². The van der Waals surface area contributed by atoms with Crippen LogP contribution in [0.25, 0.3) is 16.8 Å². The smallest absolute Gasteiger partial charge is 0.266 e. The van der Waals surface area contributed by atoms with Crippen LogP contribution in [0.4, 0.5) is 5.69 Å². The Balaban J connectivity index is 1.56. The Hall–Kier alpha value is -3.25. The minimum atomic E-state index is -0.564. The van der Waals surface area contributed by atoms with Gasteiger partial charge in [-0.25, -0.2) is 0 Å². The van der Waals surface area contributed by atoms with Crippen LogP contribution in [0.2, 0.25) is 10.0 Å². The van der Waals surface area contributed by atoms with Crippen LogP contribution < -0.4 is 14.8 Å². The Morgan fingerprint density at radius 2 is 1.78 bits per heavy atom. The van der Waals surface area contributed by atoms with Crippen molar-refractivity contribution in [1.82, 2.24) is 0 Å². The van der Waals surface area contributed by atoms with Gasteiger partial charge >= 0.3 is 0 Å². The number of nitrogens with zero attached hydrogens (tertiary/aromatic N) is 1. The second kappa shape index (κ2) is 12.3. The lowest BCUT2D eigenvalue weighted by Crippen LogP contribution is -2.13. The predicted molar refractivity (Wildman–Crippen MR) is 157 cm³/mol. The molecule has 0 spiro atoms. The van der Waals surface area contributed by atoms with Gasteiger partial charge in [-0.1, -0.05) is 59.6 Å². The molecular weight excluding hydrogens is 622 g/mol. The molecule has 0 saturated heterocycles. The summed E-state index contributed by atoms with van der Waals surface area (Å²) in [4.78, 5) is 12.7. The summed E-state index contributed by atoms with van der Waals surface area (Å²) in [5, 5.41) is 15.3. The zero-order valence-electron chi connectivity index (χ0n) is 19.7. The van der Waals surface area contributed by atoms with Crippen molar-refractivity contribution in [2.75, 3.05) is 11.9 Å². The van der Waals surface area contributed by atoms with Crippen molar-refractivity contribution in [2.24, 2.45) is 0 Å². The number of carbonyl (C=O) groups excluding carboxylic acids is 1. The molecule has 0 aromatic heterocycles. The molecule has 8 heteroatoms. The van der Waals surface area contributed by atoms with Crippen LogP contribution in [0.1, 0.15) is 18.1 Å². The van der Waals surface area contributed by atoms with E-state index in [2.05, 4.69) is 52.2 Å². The van der Waals surface area contributed by atoms with Gasteiger partial charge < -0.3 is 14.8 Å². The number of nitrogens with one attached hydrogen (secondary N) is 1. The van der Waals surface area contributed by atoms with E-state index in [0.29, 0.717) is 46.0 Å². The third-order valence-electron chi connectivity index (χ3n) is 5.38. The lowest BCUT2D eigenvalue weighted by Gasteiger charge is -2.15. The summed E-state index contributed by atoms with van der Waals surface area (Å²) >= 11 is 14.1. The highest BCUT2D eigenvalue weighted by Gasteiger charge is 2.15. The lowest BCUT2D eigenvalue weighted by atomic mass is 10.1. The first-order chi connectivity index (χ1) is 17.9. The van der Waals surface area contributed by atoms with E-state index in [1.165, 1.54) is 17.5 Å². The maximum absolute atomic E-state index is 12.7. The number of nitriles is 1. The third kappa shape index (κ3) is 6.75. The molecule has 1 N–H and O–H groups in total. The average molecular weight is 643 g/mol. The summed E-state index contributed by atoms with van der Waals surface area (Å²) in [5.41, 5.74) is 2.02. The molecule has 0 unspecified atom stereocenters. The molecule has 4 aromatic carbocycles. The largest absolute Gasteiger partial charge is 0.490 e. The lowest BCUT2D eigenvalue weighted by molar-refractivity contribution is -0.112. The van der Waals surface area contributed by atoms with Gasteiger partial charge in [-0.15, -0.1) is 0 Å². The van der Waals surface area contributed by atoms with Gasteiger partial charge in [0.15, 0.2) is 11.5 Å². The number of anilines is 1. The fraction of sp³-hybridized carbons (Fsp3) is 0.103. The first-order valence-electron chi connectivity index (χ1n) is 11.3. The number of rotatable bonds is 8. The summed E-state index contributed by atoms with van der Waals surface area (Å²) in [6, 6.07) is 24.6. The molecule has 5 nitrogen and oxygen atoms in total. The van der Waals surface area contributed by atoms with Crippen LogP contribution in [0.5, 0.6) is 11.5 Å². The van der Waals surface area contributed by atoms with E-state index in [4.69, 9.17) is 32.7 Å². The van der Waals surface area contributed by atoms with E-state index < -0.39 is 5.91 Å². The van der Waals surface area contributed by atoms with Gasteiger partial charge in [-0.3, -0.25) is 4.79 Å². The normalized spacial score (nSPS) is 11.2. The minimum absolute atomic E-state index is 0.0749. The van der Waals surface area contributed by atoms with Gasteiger partial charge in [0.2, 0.25) is 0 Å². The number of hydrogen-bond acceptors (Lipinski definition) is 4. The Kier molecular flexibility index (Phi) is 8.93. The molecule has 0 heterocycles. The zero-order valence-corrected chi connectivity index (χ0v) is 23.4. The fourth-order valence-electron chi connectivity index (χ4n) is 3.65. The first kappa shape index (κ1) is 26.8. The molecule has 4 aromatic rings. The summed E-state index contributed by atoms with van der Waals surface area (Å²) in [7, 11) is 0. The Bertz CT molecular complexity index is 1550. The highest BCUT2D eigenvalue weighted by molar-refractivity contribution is 14.1. The number of fused-ring (bicyclic) bond motifs is 1. The Morgan fingerprint density at radius 3 is 2.51 bits per heavy atom. The molecule has 0 atom stereocenters. The quantitative estimate of drug-likeness (QED) is 0.119. The second-order valence-electron chi connectivity index (χ2n) is 7.99. The number of hydrogen-bond donors (Lipinski definition) is 1. The van der Waals surface area contributed by atoms with Crippen LogP contribution in [0, 0.1) is 14.9 Å². The fourth-order valence-corrected chi connectivity index (χ4v) is 4.73. The van der Waals surface area contributed by atoms with Crippen molar-refractivity contribution in [3.05, 3.63) is 103 Å². The van der Waals surface area contributed by atoms with E-state index in [-0.39, 0.29) is 5.57 Å². The molecule has 1 amide bonds. The third-order valence-corrected chi connectivity index (χ3v) is 6.92. The first-order valence-corrected chi connectivity index (χ1v) is 13.2. The molecule has 4 rings (SSSR count). The van der Waals surface area contributed by atoms with Crippen LogP contribution in [0.15, 0.2) is 78.4 Å². The monoisotopic (exact) mass is 642 g/mol. The summed E-state index contributed by atoms with van der Waals surface area (Å²) in [6.07, 6.45) is 1.50. The molecule has 0 fully saturated rings. The van der Waals surface area contributed by atoms with Crippen LogP contribution in [0.3, 0.4) is 0 Å². The standard InChI is InChI=1S/C29H21Cl2IN2O3/c1-2-36-27-14-19(12-22(16-33)29(35)34-23-9-10-24(30)25(31)15-23)13-26(32)28(27)37-17-18-7-8-20-5-3-4-6-21(20)11-18/h3-15H,2,17H2,1H3,(H,34,35)/b22-12+. The summed E-state index contributed by atoms with van der Waals surface area (Å²) in [5.74, 6) is 0.570. The molecule has 0 aliphatic heterocycles. The number of halogens is 3. The zero-order chi connectivity index (χ0) is 26.4. The summed E-state index contributed by atoms with van der Waals surface area (Å²) < 4.78 is 12.8. The number of carbonyl (C=O) groups is 1. The number of benzene rings is 4. The van der Waals surface area contributed by atoms with Gasteiger partial charge in [0, 0.05) is 5.69 Å².